The Labute approximate surface area is 110 Å². The summed E-state index contributed by atoms with van der Waals surface area (Å²) in [6, 6.07) is 2.11. The number of aryl methyl sites for hydroxylation is 1. The summed E-state index contributed by atoms with van der Waals surface area (Å²) in [6.07, 6.45) is 6.71. The number of pyridine rings is 1. The number of rotatable bonds is 3. The van der Waals surface area contributed by atoms with Crippen LogP contribution >= 0.6 is 0 Å². The number of hydrogen-bond acceptors (Lipinski definition) is 3. The minimum absolute atomic E-state index is 0.342. The van der Waals surface area contributed by atoms with Gasteiger partial charge in [-0.25, -0.2) is 0 Å². The van der Waals surface area contributed by atoms with Gasteiger partial charge in [-0.2, -0.15) is 0 Å². The van der Waals surface area contributed by atoms with E-state index in [0.717, 1.165) is 25.6 Å². The Kier molecular flexibility index (Phi) is 3.12. The van der Waals surface area contributed by atoms with E-state index in [-0.39, 0.29) is 0 Å². The Morgan fingerprint density at radius 3 is 3.06 bits per heavy atom. The van der Waals surface area contributed by atoms with Crippen LogP contribution in [0.2, 0.25) is 0 Å². The second-order valence-corrected chi connectivity index (χ2v) is 6.13. The van der Waals surface area contributed by atoms with Gasteiger partial charge in [-0.3, -0.25) is 9.88 Å². The van der Waals surface area contributed by atoms with Crippen molar-refractivity contribution in [2.24, 2.45) is 5.92 Å². The first kappa shape index (κ1) is 12.1. The Balaban J connectivity index is 1.68. The van der Waals surface area contributed by atoms with E-state index < -0.39 is 0 Å². The van der Waals surface area contributed by atoms with Crippen molar-refractivity contribution < 1.29 is 0 Å². The van der Waals surface area contributed by atoms with Crippen LogP contribution in [0.15, 0.2) is 18.5 Å². The summed E-state index contributed by atoms with van der Waals surface area (Å²) in [5, 5.41) is 3.73. The molecule has 2 heterocycles. The maximum atomic E-state index is 4.25. The third kappa shape index (κ3) is 2.43. The molecular weight excluding hydrogens is 222 g/mol. The largest absolute Gasteiger partial charge is 0.309 e. The van der Waals surface area contributed by atoms with Gasteiger partial charge in [0.2, 0.25) is 0 Å². The maximum Gasteiger partial charge on any atom is 0.0315 e. The van der Waals surface area contributed by atoms with Crippen LogP contribution in [-0.4, -0.2) is 35.1 Å². The van der Waals surface area contributed by atoms with Gasteiger partial charge < -0.3 is 5.32 Å². The van der Waals surface area contributed by atoms with Crippen molar-refractivity contribution in [3.8, 4) is 0 Å². The summed E-state index contributed by atoms with van der Waals surface area (Å²) < 4.78 is 0. The Bertz CT molecular complexity index is 428. The molecule has 1 aromatic rings. The van der Waals surface area contributed by atoms with Crippen LogP contribution in [0.25, 0.3) is 0 Å². The van der Waals surface area contributed by atoms with Crippen molar-refractivity contribution >= 4 is 0 Å². The SMILES string of the molecule is Cc1ccncc1CN1CCNC(C)(C2CC2)C1. The fourth-order valence-corrected chi connectivity index (χ4v) is 3.13. The Morgan fingerprint density at radius 2 is 2.33 bits per heavy atom. The van der Waals surface area contributed by atoms with Crippen molar-refractivity contribution in [2.45, 2.75) is 38.8 Å². The molecule has 0 radical (unpaired) electrons. The first-order valence-corrected chi connectivity index (χ1v) is 7.04. The standard InChI is InChI=1S/C15H23N3/c1-12-5-6-16-9-13(12)10-18-8-7-17-15(2,11-18)14-3-4-14/h5-6,9,14,17H,3-4,7-8,10-11H2,1-2H3. The number of nitrogens with zero attached hydrogens (tertiary/aromatic N) is 2. The summed E-state index contributed by atoms with van der Waals surface area (Å²) in [5.74, 6) is 0.898. The second kappa shape index (κ2) is 4.63. The van der Waals surface area contributed by atoms with Crippen LogP contribution in [0, 0.1) is 12.8 Å². The van der Waals surface area contributed by atoms with Crippen LogP contribution in [-0.2, 0) is 6.54 Å². The van der Waals surface area contributed by atoms with E-state index in [2.05, 4.69) is 35.1 Å². The molecule has 1 aromatic heterocycles. The predicted molar refractivity (Wildman–Crippen MR) is 73.4 cm³/mol. The molecule has 1 unspecified atom stereocenters. The molecule has 0 spiro atoms. The quantitative estimate of drug-likeness (QED) is 0.882. The van der Waals surface area contributed by atoms with Crippen LogP contribution in [0.1, 0.15) is 30.9 Å². The number of aromatic nitrogens is 1. The fourth-order valence-electron chi connectivity index (χ4n) is 3.13. The zero-order valence-electron chi connectivity index (χ0n) is 11.4. The monoisotopic (exact) mass is 245 g/mol. The van der Waals surface area contributed by atoms with Crippen molar-refractivity contribution in [2.75, 3.05) is 19.6 Å². The van der Waals surface area contributed by atoms with E-state index in [9.17, 15) is 0 Å². The number of nitrogens with one attached hydrogen (secondary N) is 1. The van der Waals surface area contributed by atoms with Gasteiger partial charge in [0.05, 0.1) is 0 Å². The van der Waals surface area contributed by atoms with Crippen molar-refractivity contribution in [3.05, 3.63) is 29.6 Å². The average molecular weight is 245 g/mol. The van der Waals surface area contributed by atoms with Gasteiger partial charge >= 0.3 is 0 Å². The molecule has 3 heteroatoms. The molecule has 18 heavy (non-hydrogen) atoms. The first-order chi connectivity index (χ1) is 8.67. The fraction of sp³-hybridized carbons (Fsp3) is 0.667. The van der Waals surface area contributed by atoms with Crippen molar-refractivity contribution in [1.82, 2.24) is 15.2 Å². The van der Waals surface area contributed by atoms with E-state index >= 15 is 0 Å². The van der Waals surface area contributed by atoms with E-state index in [1.54, 1.807) is 0 Å². The summed E-state index contributed by atoms with van der Waals surface area (Å²) in [7, 11) is 0. The Morgan fingerprint density at radius 1 is 1.50 bits per heavy atom. The molecule has 1 aliphatic carbocycles. The topological polar surface area (TPSA) is 28.2 Å². The van der Waals surface area contributed by atoms with E-state index in [4.69, 9.17) is 0 Å². The molecule has 1 atom stereocenters. The second-order valence-electron chi connectivity index (χ2n) is 6.13. The van der Waals surface area contributed by atoms with Gasteiger partial charge in [0, 0.05) is 44.1 Å². The molecule has 1 saturated heterocycles. The average Bonchev–Trinajstić information content (AvgIpc) is 3.17. The molecule has 2 aliphatic rings. The molecule has 0 bridgehead atoms. The zero-order valence-corrected chi connectivity index (χ0v) is 11.4. The molecule has 3 rings (SSSR count). The lowest BCUT2D eigenvalue weighted by molar-refractivity contribution is 0.121. The highest BCUT2D eigenvalue weighted by Gasteiger charge is 2.43. The van der Waals surface area contributed by atoms with E-state index in [0.29, 0.717) is 5.54 Å². The molecule has 2 fully saturated rings. The molecule has 0 aromatic carbocycles. The van der Waals surface area contributed by atoms with Crippen molar-refractivity contribution in [1.29, 1.82) is 0 Å². The highest BCUT2D eigenvalue weighted by Crippen LogP contribution is 2.40. The summed E-state index contributed by atoms with van der Waals surface area (Å²) >= 11 is 0. The predicted octanol–water partition coefficient (Wildman–Crippen LogP) is 1.96. The Hall–Kier alpha value is -0.930. The lowest BCUT2D eigenvalue weighted by atomic mass is 9.92. The third-order valence-corrected chi connectivity index (χ3v) is 4.53. The number of hydrogen-bond donors (Lipinski definition) is 1. The molecule has 0 amide bonds. The summed E-state index contributed by atoms with van der Waals surface area (Å²) in [6.45, 7) is 9.06. The highest BCUT2D eigenvalue weighted by molar-refractivity contribution is 5.21. The van der Waals surface area contributed by atoms with Crippen LogP contribution in [0.4, 0.5) is 0 Å². The minimum Gasteiger partial charge on any atom is -0.309 e. The smallest absolute Gasteiger partial charge is 0.0315 e. The molecular formula is C15H23N3. The maximum absolute atomic E-state index is 4.25. The van der Waals surface area contributed by atoms with Gasteiger partial charge in [0.1, 0.15) is 0 Å². The third-order valence-electron chi connectivity index (χ3n) is 4.53. The molecule has 3 nitrogen and oxygen atoms in total. The normalized spacial score (nSPS) is 29.4. The summed E-state index contributed by atoms with van der Waals surface area (Å²) in [4.78, 5) is 6.83. The van der Waals surface area contributed by atoms with Crippen LogP contribution in [0.3, 0.4) is 0 Å². The van der Waals surface area contributed by atoms with Gasteiger partial charge in [-0.1, -0.05) is 0 Å². The highest BCUT2D eigenvalue weighted by atomic mass is 15.2. The zero-order chi connectivity index (χ0) is 12.6. The molecule has 1 saturated carbocycles. The van der Waals surface area contributed by atoms with E-state index in [1.807, 2.05) is 12.4 Å². The van der Waals surface area contributed by atoms with Gasteiger partial charge in [-0.05, 0) is 49.8 Å². The van der Waals surface area contributed by atoms with Crippen LogP contribution in [0.5, 0.6) is 0 Å². The number of piperazine rings is 1. The minimum atomic E-state index is 0.342. The van der Waals surface area contributed by atoms with Crippen molar-refractivity contribution in [3.63, 3.8) is 0 Å². The molecule has 1 N–H and O–H groups in total. The van der Waals surface area contributed by atoms with Gasteiger partial charge in [0.25, 0.3) is 0 Å². The summed E-state index contributed by atoms with van der Waals surface area (Å²) in [5.41, 5.74) is 3.07. The first-order valence-electron chi connectivity index (χ1n) is 7.04. The molecule has 1 aliphatic heterocycles. The van der Waals surface area contributed by atoms with Gasteiger partial charge in [-0.15, -0.1) is 0 Å². The lowest BCUT2D eigenvalue weighted by Crippen LogP contribution is -2.59. The lowest BCUT2D eigenvalue weighted by Gasteiger charge is -2.42. The molecule has 98 valence electrons. The van der Waals surface area contributed by atoms with Crippen LogP contribution < -0.4 is 5.32 Å². The van der Waals surface area contributed by atoms with E-state index in [1.165, 1.54) is 30.5 Å². The van der Waals surface area contributed by atoms with Gasteiger partial charge in [0.15, 0.2) is 0 Å².